The highest BCUT2D eigenvalue weighted by Gasteiger charge is 2.31. The van der Waals surface area contributed by atoms with Crippen molar-refractivity contribution in [3.05, 3.63) is 72.3 Å². The van der Waals surface area contributed by atoms with E-state index in [-0.39, 0.29) is 28.9 Å². The van der Waals surface area contributed by atoms with Gasteiger partial charge in [0, 0.05) is 31.3 Å². The van der Waals surface area contributed by atoms with Crippen molar-refractivity contribution in [1.82, 2.24) is 24.6 Å². The number of piperidine rings is 1. The van der Waals surface area contributed by atoms with Crippen LogP contribution >= 0.6 is 0 Å². The minimum Gasteiger partial charge on any atom is -0.457 e. The van der Waals surface area contributed by atoms with Gasteiger partial charge >= 0.3 is 0 Å². The Morgan fingerprint density at radius 2 is 2.00 bits per heavy atom. The average molecular weight is 570 g/mol. The van der Waals surface area contributed by atoms with Crippen LogP contribution < -0.4 is 10.5 Å². The summed E-state index contributed by atoms with van der Waals surface area (Å²) in [4.78, 5) is 23.6. The lowest BCUT2D eigenvalue weighted by Gasteiger charge is -2.33. The predicted molar refractivity (Wildman–Crippen MR) is 156 cm³/mol. The van der Waals surface area contributed by atoms with Crippen molar-refractivity contribution in [3.8, 4) is 28.8 Å². The third-order valence-corrected chi connectivity index (χ3v) is 7.08. The van der Waals surface area contributed by atoms with E-state index in [1.165, 1.54) is 12.4 Å². The standard InChI is InChI=1S/C31H32FN7O3/c1-4-41-31(2,3)16-20(17-33)30(40)38-14-8-9-21(18-38)39-29-26(28(34)35-19-36-29)27(37-39)24-13-12-23(15-25(24)32)42-22-10-6-5-7-11-22/h5-7,10-13,15-16,19,21H,4,8-9,14,18H2,1-3H3,(H2,34,35,36)/t21-/m1/s1. The highest BCUT2D eigenvalue weighted by molar-refractivity contribution is 5.99. The maximum absolute atomic E-state index is 15.5. The minimum absolute atomic E-state index is 0.0200. The smallest absolute Gasteiger partial charge is 0.264 e. The molecule has 0 radical (unpaired) electrons. The van der Waals surface area contributed by atoms with E-state index in [0.29, 0.717) is 60.8 Å². The van der Waals surface area contributed by atoms with E-state index in [2.05, 4.69) is 9.97 Å². The zero-order chi connectivity index (χ0) is 29.9. The Bertz CT molecular complexity index is 1680. The number of rotatable bonds is 8. The number of para-hydroxylation sites is 1. The number of nitriles is 1. The Balaban J connectivity index is 1.47. The summed E-state index contributed by atoms with van der Waals surface area (Å²) in [5.74, 6) is 0.178. The molecule has 42 heavy (non-hydrogen) atoms. The van der Waals surface area contributed by atoms with Gasteiger partial charge in [0.15, 0.2) is 5.65 Å². The molecule has 1 aliphatic rings. The largest absolute Gasteiger partial charge is 0.457 e. The summed E-state index contributed by atoms with van der Waals surface area (Å²) in [5.41, 5.74) is 6.48. The second-order valence-electron chi connectivity index (χ2n) is 10.6. The van der Waals surface area contributed by atoms with E-state index in [1.807, 2.05) is 31.2 Å². The van der Waals surface area contributed by atoms with Gasteiger partial charge in [-0.25, -0.2) is 19.0 Å². The molecule has 0 bridgehead atoms. The maximum Gasteiger partial charge on any atom is 0.264 e. The van der Waals surface area contributed by atoms with E-state index in [1.54, 1.807) is 53.8 Å². The topological polar surface area (TPSA) is 132 Å². The van der Waals surface area contributed by atoms with Crippen molar-refractivity contribution in [1.29, 1.82) is 5.26 Å². The summed E-state index contributed by atoms with van der Waals surface area (Å²) in [6, 6.07) is 15.4. The van der Waals surface area contributed by atoms with Crippen molar-refractivity contribution >= 4 is 22.8 Å². The molecular formula is C31H32FN7O3. The summed E-state index contributed by atoms with van der Waals surface area (Å²) < 4.78 is 28.7. The van der Waals surface area contributed by atoms with Gasteiger partial charge < -0.3 is 20.1 Å². The minimum atomic E-state index is -0.766. The number of hydrogen-bond acceptors (Lipinski definition) is 8. The zero-order valence-corrected chi connectivity index (χ0v) is 23.7. The fourth-order valence-corrected chi connectivity index (χ4v) is 5.23. The van der Waals surface area contributed by atoms with Crippen molar-refractivity contribution in [3.63, 3.8) is 0 Å². The van der Waals surface area contributed by atoms with Crippen LogP contribution in [-0.4, -0.2) is 55.9 Å². The van der Waals surface area contributed by atoms with E-state index in [4.69, 9.17) is 20.3 Å². The lowest BCUT2D eigenvalue weighted by molar-refractivity contribution is -0.128. The first-order valence-corrected chi connectivity index (χ1v) is 13.8. The fraction of sp³-hybridized carbons (Fsp3) is 0.323. The third kappa shape index (κ3) is 5.94. The third-order valence-electron chi connectivity index (χ3n) is 7.08. The number of aromatic nitrogens is 4. The normalized spacial score (nSPS) is 15.9. The first-order valence-electron chi connectivity index (χ1n) is 13.8. The first kappa shape index (κ1) is 28.7. The lowest BCUT2D eigenvalue weighted by Crippen LogP contribution is -2.42. The molecule has 0 aliphatic carbocycles. The molecule has 11 heteroatoms. The van der Waals surface area contributed by atoms with Gasteiger partial charge in [-0.3, -0.25) is 4.79 Å². The number of nitrogens with two attached hydrogens (primary N) is 1. The predicted octanol–water partition coefficient (Wildman–Crippen LogP) is 5.44. The molecule has 2 aromatic heterocycles. The summed E-state index contributed by atoms with van der Waals surface area (Å²) in [6.07, 6.45) is 4.28. The van der Waals surface area contributed by atoms with E-state index < -0.39 is 11.4 Å². The lowest BCUT2D eigenvalue weighted by atomic mass is 10.0. The Morgan fingerprint density at radius 1 is 1.21 bits per heavy atom. The summed E-state index contributed by atoms with van der Waals surface area (Å²) >= 11 is 0. The van der Waals surface area contributed by atoms with Crippen LogP contribution in [0.15, 0.2) is 66.5 Å². The summed E-state index contributed by atoms with van der Waals surface area (Å²) in [6.45, 7) is 6.70. The van der Waals surface area contributed by atoms with Crippen LogP contribution in [-0.2, 0) is 9.53 Å². The number of fused-ring (bicyclic) bond motifs is 1. The fourth-order valence-electron chi connectivity index (χ4n) is 5.23. The van der Waals surface area contributed by atoms with Gasteiger partial charge in [0.25, 0.3) is 5.91 Å². The van der Waals surface area contributed by atoms with Gasteiger partial charge in [0.1, 0.15) is 46.8 Å². The second kappa shape index (κ2) is 12.0. The van der Waals surface area contributed by atoms with E-state index in [9.17, 15) is 10.1 Å². The van der Waals surface area contributed by atoms with Gasteiger partial charge in [0.05, 0.1) is 17.0 Å². The Labute approximate surface area is 243 Å². The number of anilines is 1. The van der Waals surface area contributed by atoms with Crippen LogP contribution in [0.2, 0.25) is 0 Å². The van der Waals surface area contributed by atoms with Gasteiger partial charge in [-0.2, -0.15) is 10.4 Å². The number of benzene rings is 2. The molecule has 2 aromatic carbocycles. The highest BCUT2D eigenvalue weighted by atomic mass is 19.1. The number of ether oxygens (including phenoxy) is 2. The van der Waals surface area contributed by atoms with Crippen LogP contribution in [0.3, 0.4) is 0 Å². The van der Waals surface area contributed by atoms with Crippen molar-refractivity contribution in [2.45, 2.75) is 45.3 Å². The molecule has 0 saturated carbocycles. The highest BCUT2D eigenvalue weighted by Crippen LogP contribution is 2.36. The molecule has 0 unspecified atom stereocenters. The number of carbonyl (C=O) groups excluding carboxylic acids is 1. The number of halogens is 1. The van der Waals surface area contributed by atoms with Crippen molar-refractivity contribution in [2.24, 2.45) is 0 Å². The molecule has 10 nitrogen and oxygen atoms in total. The Hall–Kier alpha value is -4.82. The second-order valence-corrected chi connectivity index (χ2v) is 10.6. The maximum atomic E-state index is 15.5. The van der Waals surface area contributed by atoms with Crippen molar-refractivity contribution in [2.75, 3.05) is 25.4 Å². The van der Waals surface area contributed by atoms with Crippen LogP contribution in [0.5, 0.6) is 11.5 Å². The van der Waals surface area contributed by atoms with Crippen LogP contribution in [0.4, 0.5) is 10.2 Å². The molecule has 1 fully saturated rings. The van der Waals surface area contributed by atoms with Crippen LogP contribution in [0, 0.1) is 17.1 Å². The molecular weight excluding hydrogens is 537 g/mol. The van der Waals surface area contributed by atoms with Gasteiger partial charge in [-0.1, -0.05) is 18.2 Å². The molecule has 1 aliphatic heterocycles. The number of nitrogen functional groups attached to an aromatic ring is 1. The first-order chi connectivity index (χ1) is 20.2. The quantitative estimate of drug-likeness (QED) is 0.219. The number of hydrogen-bond donors (Lipinski definition) is 1. The van der Waals surface area contributed by atoms with Gasteiger partial charge in [-0.15, -0.1) is 0 Å². The number of carbonyl (C=O) groups is 1. The monoisotopic (exact) mass is 569 g/mol. The van der Waals surface area contributed by atoms with E-state index in [0.717, 1.165) is 0 Å². The Morgan fingerprint density at radius 3 is 2.71 bits per heavy atom. The molecule has 2 N–H and O–H groups in total. The molecule has 0 spiro atoms. The van der Waals surface area contributed by atoms with E-state index >= 15 is 4.39 Å². The summed E-state index contributed by atoms with van der Waals surface area (Å²) in [5, 5.41) is 15.0. The number of likely N-dealkylation sites (tertiary alicyclic amines) is 1. The van der Waals surface area contributed by atoms with Gasteiger partial charge in [-0.05, 0) is 64.0 Å². The number of nitrogens with zero attached hydrogens (tertiary/aromatic N) is 6. The molecule has 5 rings (SSSR count). The van der Waals surface area contributed by atoms with Gasteiger partial charge in [0.2, 0.25) is 0 Å². The SMILES string of the molecule is CCOC(C)(C)C=C(C#N)C(=O)N1CCC[C@@H](n2nc(-c3ccc(Oc4ccccc4)cc3F)c3c(N)ncnc32)C1. The number of amides is 1. The van der Waals surface area contributed by atoms with Crippen LogP contribution in [0.1, 0.15) is 39.7 Å². The van der Waals surface area contributed by atoms with Crippen LogP contribution in [0.25, 0.3) is 22.3 Å². The molecule has 3 heterocycles. The molecule has 1 amide bonds. The zero-order valence-electron chi connectivity index (χ0n) is 23.7. The molecule has 4 aromatic rings. The summed E-state index contributed by atoms with van der Waals surface area (Å²) in [7, 11) is 0. The average Bonchev–Trinajstić information content (AvgIpc) is 3.37. The molecule has 1 atom stereocenters. The molecule has 216 valence electrons. The van der Waals surface area contributed by atoms with Crippen molar-refractivity contribution < 1.29 is 18.7 Å². The Kier molecular flexibility index (Phi) is 8.17. The molecule has 1 saturated heterocycles.